The SMILES string of the molecule is C=C[N+](C)(C)CCN(Cc1ccccc1)C(=O)c1ccccc1.[Cl-]. The van der Waals surface area contributed by atoms with Crippen LogP contribution in [0.2, 0.25) is 0 Å². The third-order valence-corrected chi connectivity index (χ3v) is 3.96. The van der Waals surface area contributed by atoms with Gasteiger partial charge in [-0.3, -0.25) is 4.79 Å². The zero-order valence-corrected chi connectivity index (χ0v) is 15.1. The van der Waals surface area contributed by atoms with E-state index in [0.29, 0.717) is 17.6 Å². The molecule has 0 heterocycles. The molecule has 128 valence electrons. The molecule has 3 nitrogen and oxygen atoms in total. The molecule has 1 amide bonds. The molecule has 2 aromatic rings. The summed E-state index contributed by atoms with van der Waals surface area (Å²) in [5.74, 6) is 0.0681. The topological polar surface area (TPSA) is 20.3 Å². The lowest BCUT2D eigenvalue weighted by atomic mass is 10.1. The quantitative estimate of drug-likeness (QED) is 0.672. The fourth-order valence-electron chi connectivity index (χ4n) is 2.29. The third-order valence-electron chi connectivity index (χ3n) is 3.96. The van der Waals surface area contributed by atoms with Gasteiger partial charge >= 0.3 is 0 Å². The third kappa shape index (κ3) is 5.84. The lowest BCUT2D eigenvalue weighted by Gasteiger charge is -2.29. The molecule has 0 fully saturated rings. The molecular formula is C20H25ClN2O. The summed E-state index contributed by atoms with van der Waals surface area (Å²) in [7, 11) is 4.17. The van der Waals surface area contributed by atoms with Crippen LogP contribution in [0.15, 0.2) is 73.4 Å². The van der Waals surface area contributed by atoms with E-state index in [2.05, 4.69) is 32.8 Å². The molecule has 0 unspecified atom stereocenters. The van der Waals surface area contributed by atoms with Gasteiger partial charge in [-0.05, 0) is 24.3 Å². The fourth-order valence-corrected chi connectivity index (χ4v) is 2.29. The molecule has 2 aromatic carbocycles. The number of hydrogen-bond donors (Lipinski definition) is 0. The van der Waals surface area contributed by atoms with E-state index in [1.54, 1.807) is 0 Å². The van der Waals surface area contributed by atoms with Crippen LogP contribution in [-0.2, 0) is 6.54 Å². The number of hydrogen-bond acceptors (Lipinski definition) is 1. The van der Waals surface area contributed by atoms with Crippen LogP contribution in [0.25, 0.3) is 0 Å². The fraction of sp³-hybridized carbons (Fsp3) is 0.250. The summed E-state index contributed by atoms with van der Waals surface area (Å²) in [6, 6.07) is 19.6. The number of carbonyl (C=O) groups is 1. The average Bonchev–Trinajstić information content (AvgIpc) is 2.59. The van der Waals surface area contributed by atoms with Gasteiger partial charge in [0.1, 0.15) is 6.54 Å². The summed E-state index contributed by atoms with van der Waals surface area (Å²) >= 11 is 0. The molecule has 0 aromatic heterocycles. The van der Waals surface area contributed by atoms with Gasteiger partial charge in [0.15, 0.2) is 0 Å². The molecule has 0 N–H and O–H groups in total. The van der Waals surface area contributed by atoms with E-state index >= 15 is 0 Å². The van der Waals surface area contributed by atoms with Crippen molar-refractivity contribution in [2.45, 2.75) is 6.54 Å². The summed E-state index contributed by atoms with van der Waals surface area (Å²) < 4.78 is 0.674. The first-order chi connectivity index (χ1) is 11.0. The zero-order chi connectivity index (χ0) is 16.7. The zero-order valence-electron chi connectivity index (χ0n) is 14.4. The highest BCUT2D eigenvalue weighted by molar-refractivity contribution is 5.94. The van der Waals surface area contributed by atoms with Crippen LogP contribution in [0.1, 0.15) is 15.9 Å². The molecule has 24 heavy (non-hydrogen) atoms. The number of quaternary nitrogens is 1. The van der Waals surface area contributed by atoms with Gasteiger partial charge in [0, 0.05) is 12.1 Å². The van der Waals surface area contributed by atoms with Crippen LogP contribution in [0.3, 0.4) is 0 Å². The highest BCUT2D eigenvalue weighted by Crippen LogP contribution is 2.11. The molecule has 0 atom stereocenters. The van der Waals surface area contributed by atoms with E-state index in [1.807, 2.05) is 59.6 Å². The molecule has 0 spiro atoms. The van der Waals surface area contributed by atoms with Crippen molar-refractivity contribution >= 4 is 5.91 Å². The molecule has 4 heteroatoms. The van der Waals surface area contributed by atoms with Crippen LogP contribution in [0, 0.1) is 0 Å². The predicted octanol–water partition coefficient (Wildman–Crippen LogP) is 0.553. The smallest absolute Gasteiger partial charge is 0.254 e. The Labute approximate surface area is 151 Å². The average molecular weight is 345 g/mol. The second-order valence-corrected chi connectivity index (χ2v) is 6.26. The minimum atomic E-state index is 0. The summed E-state index contributed by atoms with van der Waals surface area (Å²) in [4.78, 5) is 14.8. The number of carbonyl (C=O) groups excluding carboxylic acids is 1. The van der Waals surface area contributed by atoms with Crippen molar-refractivity contribution in [1.82, 2.24) is 4.90 Å². The van der Waals surface area contributed by atoms with Crippen molar-refractivity contribution in [2.75, 3.05) is 27.2 Å². The normalized spacial score (nSPS) is 10.6. The first kappa shape index (κ1) is 19.9. The van der Waals surface area contributed by atoms with Crippen molar-refractivity contribution in [1.29, 1.82) is 0 Å². The van der Waals surface area contributed by atoms with Crippen molar-refractivity contribution in [3.8, 4) is 0 Å². The number of nitrogens with zero attached hydrogens (tertiary/aromatic N) is 2. The van der Waals surface area contributed by atoms with Gasteiger partial charge in [-0.25, -0.2) is 0 Å². The van der Waals surface area contributed by atoms with E-state index in [1.165, 1.54) is 0 Å². The Morgan fingerprint density at radius 3 is 2.12 bits per heavy atom. The van der Waals surface area contributed by atoms with E-state index in [-0.39, 0.29) is 18.3 Å². The van der Waals surface area contributed by atoms with Gasteiger partial charge in [0.25, 0.3) is 5.91 Å². The number of amides is 1. The second-order valence-electron chi connectivity index (χ2n) is 6.26. The maximum Gasteiger partial charge on any atom is 0.254 e. The van der Waals surface area contributed by atoms with Crippen LogP contribution >= 0.6 is 0 Å². The van der Waals surface area contributed by atoms with Gasteiger partial charge in [0.2, 0.25) is 0 Å². The molecular weight excluding hydrogens is 320 g/mol. The Morgan fingerprint density at radius 1 is 1.04 bits per heavy atom. The summed E-state index contributed by atoms with van der Waals surface area (Å²) in [5.41, 5.74) is 1.87. The highest BCUT2D eigenvalue weighted by Gasteiger charge is 2.19. The Morgan fingerprint density at radius 2 is 1.58 bits per heavy atom. The molecule has 0 aliphatic carbocycles. The Kier molecular flexibility index (Phi) is 7.69. The Balaban J connectivity index is 0.00000288. The Hall–Kier alpha value is -2.10. The highest BCUT2D eigenvalue weighted by atomic mass is 35.5. The van der Waals surface area contributed by atoms with E-state index in [4.69, 9.17) is 0 Å². The first-order valence-electron chi connectivity index (χ1n) is 7.86. The van der Waals surface area contributed by atoms with Gasteiger partial charge in [0.05, 0.1) is 26.8 Å². The standard InChI is InChI=1S/C20H25N2O.ClH/c1-4-22(2,3)16-15-21(17-18-11-7-5-8-12-18)20(23)19-13-9-6-10-14-19;/h4-14H,1,15-17H2,2-3H3;1H/q+1;/p-1. The van der Waals surface area contributed by atoms with Crippen molar-refractivity contribution in [3.05, 3.63) is 84.6 Å². The number of rotatable bonds is 7. The largest absolute Gasteiger partial charge is 1.00 e. The van der Waals surface area contributed by atoms with Crippen LogP contribution < -0.4 is 12.4 Å². The van der Waals surface area contributed by atoms with Gasteiger partial charge in [-0.1, -0.05) is 48.5 Å². The second kappa shape index (κ2) is 9.26. The molecule has 0 aliphatic heterocycles. The van der Waals surface area contributed by atoms with E-state index in [0.717, 1.165) is 17.7 Å². The number of halogens is 1. The van der Waals surface area contributed by atoms with Gasteiger partial charge in [-0.2, -0.15) is 0 Å². The predicted molar refractivity (Wildman–Crippen MR) is 94.8 cm³/mol. The van der Waals surface area contributed by atoms with Crippen LogP contribution in [-0.4, -0.2) is 42.5 Å². The van der Waals surface area contributed by atoms with Gasteiger partial charge in [-0.15, -0.1) is 0 Å². The molecule has 2 rings (SSSR count). The van der Waals surface area contributed by atoms with Crippen LogP contribution in [0.5, 0.6) is 0 Å². The van der Waals surface area contributed by atoms with Crippen molar-refractivity contribution in [3.63, 3.8) is 0 Å². The first-order valence-corrected chi connectivity index (χ1v) is 7.86. The number of likely N-dealkylation sites (N-methyl/N-ethyl adjacent to an activating group) is 1. The van der Waals surface area contributed by atoms with Crippen LogP contribution in [0.4, 0.5) is 0 Å². The lowest BCUT2D eigenvalue weighted by Crippen LogP contribution is -3.00. The van der Waals surface area contributed by atoms with Gasteiger partial charge < -0.3 is 21.8 Å². The summed E-state index contributed by atoms with van der Waals surface area (Å²) in [6.07, 6.45) is 1.90. The summed E-state index contributed by atoms with van der Waals surface area (Å²) in [6.45, 7) is 5.99. The van der Waals surface area contributed by atoms with Crippen molar-refractivity contribution < 1.29 is 21.7 Å². The minimum absolute atomic E-state index is 0. The van der Waals surface area contributed by atoms with E-state index in [9.17, 15) is 4.79 Å². The maximum atomic E-state index is 12.8. The maximum absolute atomic E-state index is 12.8. The monoisotopic (exact) mass is 344 g/mol. The molecule has 0 radical (unpaired) electrons. The van der Waals surface area contributed by atoms with E-state index < -0.39 is 0 Å². The molecule has 0 bridgehead atoms. The lowest BCUT2D eigenvalue weighted by molar-refractivity contribution is -0.837. The molecule has 0 saturated carbocycles. The molecule has 0 aliphatic rings. The minimum Gasteiger partial charge on any atom is -1.00 e. The molecule has 0 saturated heterocycles. The summed E-state index contributed by atoms with van der Waals surface area (Å²) in [5, 5.41) is 0. The number of benzene rings is 2. The van der Waals surface area contributed by atoms with Crippen molar-refractivity contribution in [2.24, 2.45) is 0 Å². The Bertz CT molecular complexity index is 641.